The monoisotopic (exact) mass is 433 g/mol. The maximum absolute atomic E-state index is 12.5. The van der Waals surface area contributed by atoms with Crippen LogP contribution in [0.1, 0.15) is 24.2 Å². The van der Waals surface area contributed by atoms with Crippen molar-refractivity contribution in [3.05, 3.63) is 78.6 Å². The molecule has 1 saturated heterocycles. The molecule has 1 N–H and O–H groups in total. The molecule has 2 heterocycles. The lowest BCUT2D eigenvalue weighted by atomic mass is 10.1. The molecule has 0 radical (unpaired) electrons. The lowest BCUT2D eigenvalue weighted by Gasteiger charge is -2.17. The van der Waals surface area contributed by atoms with Gasteiger partial charge in [-0.1, -0.05) is 48.2 Å². The standard InChI is InChI=1S/C24H27N5OS/c1-2-14-29-22(17-19-8-4-3-5-9-19)26-27-24(29)31-18-23(30)25-20-10-12-21(13-11-20)28-15-6-7-16-28/h2-5,8-13H,1,6-7,14-18H2,(H,25,30). The van der Waals surface area contributed by atoms with E-state index in [1.54, 1.807) is 0 Å². The zero-order chi connectivity index (χ0) is 21.5. The first kappa shape index (κ1) is 21.2. The van der Waals surface area contributed by atoms with E-state index in [4.69, 9.17) is 0 Å². The molecule has 1 aliphatic heterocycles. The van der Waals surface area contributed by atoms with Gasteiger partial charge in [-0.05, 0) is 42.7 Å². The molecule has 1 aliphatic rings. The number of thioether (sulfide) groups is 1. The molecule has 0 bridgehead atoms. The fourth-order valence-corrected chi connectivity index (χ4v) is 4.47. The van der Waals surface area contributed by atoms with Crippen molar-refractivity contribution >= 4 is 29.0 Å². The summed E-state index contributed by atoms with van der Waals surface area (Å²) in [4.78, 5) is 14.8. The van der Waals surface area contributed by atoms with Crippen molar-refractivity contribution in [1.29, 1.82) is 0 Å². The number of aromatic nitrogens is 3. The van der Waals surface area contributed by atoms with Crippen LogP contribution in [0.3, 0.4) is 0 Å². The Kier molecular flexibility index (Phi) is 7.04. The molecule has 2 aromatic carbocycles. The summed E-state index contributed by atoms with van der Waals surface area (Å²) < 4.78 is 2.02. The molecule has 0 saturated carbocycles. The fourth-order valence-electron chi connectivity index (χ4n) is 3.71. The molecule has 1 amide bonds. The number of anilines is 2. The summed E-state index contributed by atoms with van der Waals surface area (Å²) in [7, 11) is 0. The van der Waals surface area contributed by atoms with Crippen molar-refractivity contribution in [3.63, 3.8) is 0 Å². The molecular weight excluding hydrogens is 406 g/mol. The van der Waals surface area contributed by atoms with Crippen molar-refractivity contribution in [3.8, 4) is 0 Å². The fraction of sp³-hybridized carbons (Fsp3) is 0.292. The first-order valence-corrected chi connectivity index (χ1v) is 11.6. The first-order chi connectivity index (χ1) is 15.2. The smallest absolute Gasteiger partial charge is 0.234 e. The van der Waals surface area contributed by atoms with Gasteiger partial charge in [0.2, 0.25) is 5.91 Å². The third kappa shape index (κ3) is 5.55. The molecule has 1 aromatic heterocycles. The third-order valence-corrected chi connectivity index (χ3v) is 6.23. The predicted molar refractivity (Wildman–Crippen MR) is 127 cm³/mol. The van der Waals surface area contributed by atoms with Gasteiger partial charge in [-0.3, -0.25) is 4.79 Å². The third-order valence-electron chi connectivity index (χ3n) is 5.26. The topological polar surface area (TPSA) is 63.1 Å². The Hall–Kier alpha value is -3.06. The lowest BCUT2D eigenvalue weighted by Crippen LogP contribution is -2.18. The zero-order valence-electron chi connectivity index (χ0n) is 17.5. The highest BCUT2D eigenvalue weighted by Crippen LogP contribution is 2.23. The van der Waals surface area contributed by atoms with Gasteiger partial charge in [0.15, 0.2) is 5.16 Å². The van der Waals surface area contributed by atoms with Gasteiger partial charge in [0.1, 0.15) is 5.82 Å². The van der Waals surface area contributed by atoms with E-state index >= 15 is 0 Å². The van der Waals surface area contributed by atoms with E-state index in [2.05, 4.69) is 51.3 Å². The Morgan fingerprint density at radius 1 is 1.06 bits per heavy atom. The number of allylic oxidation sites excluding steroid dienone is 1. The maximum atomic E-state index is 12.5. The molecule has 4 rings (SSSR count). The number of hydrogen-bond donors (Lipinski definition) is 1. The van der Waals surface area contributed by atoms with Crippen molar-refractivity contribution in [2.75, 3.05) is 29.1 Å². The number of amides is 1. The van der Waals surface area contributed by atoms with Gasteiger partial charge in [-0.25, -0.2) is 0 Å². The van der Waals surface area contributed by atoms with Crippen LogP contribution < -0.4 is 10.2 Å². The summed E-state index contributed by atoms with van der Waals surface area (Å²) in [6.07, 6.45) is 5.01. The molecule has 3 aromatic rings. The summed E-state index contributed by atoms with van der Waals surface area (Å²) in [5, 5.41) is 12.4. The summed E-state index contributed by atoms with van der Waals surface area (Å²) in [5.74, 6) is 1.08. The van der Waals surface area contributed by atoms with Crippen molar-refractivity contribution in [2.24, 2.45) is 0 Å². The molecule has 0 atom stereocenters. The summed E-state index contributed by atoms with van der Waals surface area (Å²) >= 11 is 1.39. The van der Waals surface area contributed by atoms with Crippen LogP contribution in [0, 0.1) is 0 Å². The number of nitrogens with zero attached hydrogens (tertiary/aromatic N) is 4. The molecule has 1 fully saturated rings. The average Bonchev–Trinajstić information content (AvgIpc) is 3.45. The first-order valence-electron chi connectivity index (χ1n) is 10.6. The van der Waals surface area contributed by atoms with Crippen molar-refractivity contribution < 1.29 is 4.79 Å². The summed E-state index contributed by atoms with van der Waals surface area (Å²) in [6, 6.07) is 18.3. The van der Waals surface area contributed by atoms with Crippen LogP contribution >= 0.6 is 11.8 Å². The highest BCUT2D eigenvalue weighted by Gasteiger charge is 2.15. The highest BCUT2D eigenvalue weighted by molar-refractivity contribution is 7.99. The Morgan fingerprint density at radius 2 is 1.81 bits per heavy atom. The largest absolute Gasteiger partial charge is 0.372 e. The van der Waals surface area contributed by atoms with Gasteiger partial charge in [-0.2, -0.15) is 0 Å². The minimum atomic E-state index is -0.0586. The van der Waals surface area contributed by atoms with E-state index in [1.165, 1.54) is 35.9 Å². The zero-order valence-corrected chi connectivity index (χ0v) is 18.4. The van der Waals surface area contributed by atoms with Crippen LogP contribution in [0.2, 0.25) is 0 Å². The van der Waals surface area contributed by atoms with E-state index < -0.39 is 0 Å². The second-order valence-electron chi connectivity index (χ2n) is 7.54. The van der Waals surface area contributed by atoms with Crippen LogP contribution in [0.25, 0.3) is 0 Å². The molecule has 160 valence electrons. The minimum Gasteiger partial charge on any atom is -0.372 e. The van der Waals surface area contributed by atoms with Crippen LogP contribution in [-0.4, -0.2) is 39.5 Å². The molecule has 6 nitrogen and oxygen atoms in total. The lowest BCUT2D eigenvalue weighted by molar-refractivity contribution is -0.113. The maximum Gasteiger partial charge on any atom is 0.234 e. The number of carbonyl (C=O) groups excluding carboxylic acids is 1. The Morgan fingerprint density at radius 3 is 2.52 bits per heavy atom. The summed E-state index contributed by atoms with van der Waals surface area (Å²) in [6.45, 7) is 6.67. The Labute approximate surface area is 187 Å². The number of hydrogen-bond acceptors (Lipinski definition) is 5. The quantitative estimate of drug-likeness (QED) is 0.401. The van der Waals surface area contributed by atoms with Gasteiger partial charge < -0.3 is 14.8 Å². The van der Waals surface area contributed by atoms with Gasteiger partial charge in [0.05, 0.1) is 5.75 Å². The molecule has 7 heteroatoms. The Balaban J connectivity index is 1.34. The number of rotatable bonds is 9. The molecule has 31 heavy (non-hydrogen) atoms. The van der Waals surface area contributed by atoms with E-state index in [-0.39, 0.29) is 11.7 Å². The minimum absolute atomic E-state index is 0.0586. The van der Waals surface area contributed by atoms with Crippen LogP contribution in [0.5, 0.6) is 0 Å². The van der Waals surface area contributed by atoms with Crippen molar-refractivity contribution in [2.45, 2.75) is 31.0 Å². The van der Waals surface area contributed by atoms with Gasteiger partial charge in [-0.15, -0.1) is 16.8 Å². The second-order valence-corrected chi connectivity index (χ2v) is 8.48. The SMILES string of the molecule is C=CCn1c(Cc2ccccc2)nnc1SCC(=O)Nc1ccc(N2CCCC2)cc1. The van der Waals surface area contributed by atoms with Gasteiger partial charge in [0.25, 0.3) is 0 Å². The molecule has 0 spiro atoms. The van der Waals surface area contributed by atoms with E-state index in [9.17, 15) is 4.79 Å². The normalized spacial score (nSPS) is 13.4. The summed E-state index contributed by atoms with van der Waals surface area (Å²) in [5.41, 5.74) is 3.20. The van der Waals surface area contributed by atoms with Crippen molar-refractivity contribution in [1.82, 2.24) is 14.8 Å². The molecule has 0 unspecified atom stereocenters. The average molecular weight is 434 g/mol. The number of nitrogens with one attached hydrogen (secondary N) is 1. The van der Waals surface area contributed by atoms with Gasteiger partial charge >= 0.3 is 0 Å². The second kappa shape index (κ2) is 10.3. The van der Waals surface area contributed by atoms with E-state index in [1.807, 2.05) is 41.0 Å². The van der Waals surface area contributed by atoms with Crippen LogP contribution in [0.15, 0.2) is 72.4 Å². The highest BCUT2D eigenvalue weighted by atomic mass is 32.2. The Bertz CT molecular complexity index is 1010. The van der Waals surface area contributed by atoms with E-state index in [0.717, 1.165) is 29.8 Å². The van der Waals surface area contributed by atoms with Gasteiger partial charge in [0, 0.05) is 37.4 Å². The van der Waals surface area contributed by atoms with E-state index in [0.29, 0.717) is 13.0 Å². The number of benzene rings is 2. The predicted octanol–water partition coefficient (Wildman–Crippen LogP) is 4.39. The van der Waals surface area contributed by atoms with Crippen LogP contribution in [0.4, 0.5) is 11.4 Å². The molecule has 0 aliphatic carbocycles. The molecular formula is C24H27N5OS. The van der Waals surface area contributed by atoms with Crippen LogP contribution in [-0.2, 0) is 17.8 Å². The number of carbonyl (C=O) groups is 1.